The van der Waals surface area contributed by atoms with Gasteiger partial charge in [0.05, 0.1) is 19.5 Å². The minimum Gasteiger partial charge on any atom is -0.497 e. The average Bonchev–Trinajstić information content (AvgIpc) is 2.38. The van der Waals surface area contributed by atoms with E-state index in [4.69, 9.17) is 10.5 Å². The molecule has 0 atom stereocenters. The quantitative estimate of drug-likeness (QED) is 0.631. The third kappa shape index (κ3) is 5.09. The van der Waals surface area contributed by atoms with Gasteiger partial charge in [-0.3, -0.25) is 10.1 Å². The Labute approximate surface area is 115 Å². The fraction of sp³-hybridized carbons (Fsp3) is 0.333. The van der Waals surface area contributed by atoms with Crippen LogP contribution in [0.4, 0.5) is 10.5 Å². The van der Waals surface area contributed by atoms with Crippen LogP contribution >= 0.6 is 11.8 Å². The lowest BCUT2D eigenvalue weighted by molar-refractivity contribution is -0.117. The van der Waals surface area contributed by atoms with Gasteiger partial charge in [-0.05, 0) is 25.1 Å². The standard InChI is InChI=1S/C12H16N2O4S/c1-3-18-12(16)14-11(15)7-19-10-6-8(17-2)4-5-9(10)13/h4-6H,3,7,13H2,1-2H3,(H,14,15,16). The lowest BCUT2D eigenvalue weighted by Gasteiger charge is -2.08. The number of imide groups is 1. The maximum absolute atomic E-state index is 11.5. The van der Waals surface area contributed by atoms with E-state index < -0.39 is 12.0 Å². The summed E-state index contributed by atoms with van der Waals surface area (Å²) in [7, 11) is 1.55. The molecule has 0 fully saturated rings. The molecule has 0 aliphatic carbocycles. The molecule has 0 bridgehead atoms. The molecule has 0 aliphatic heterocycles. The van der Waals surface area contributed by atoms with Crippen molar-refractivity contribution in [3.8, 4) is 5.75 Å². The second kappa shape index (κ2) is 7.52. The van der Waals surface area contributed by atoms with E-state index in [1.54, 1.807) is 32.2 Å². The highest BCUT2D eigenvalue weighted by Gasteiger charge is 2.10. The van der Waals surface area contributed by atoms with E-state index >= 15 is 0 Å². The van der Waals surface area contributed by atoms with Gasteiger partial charge in [-0.2, -0.15) is 0 Å². The molecule has 3 N–H and O–H groups in total. The Hall–Kier alpha value is -1.89. The molecule has 0 saturated carbocycles. The predicted octanol–water partition coefficient (Wildman–Crippen LogP) is 1.64. The van der Waals surface area contributed by atoms with Gasteiger partial charge in [0.1, 0.15) is 5.75 Å². The molecule has 0 radical (unpaired) electrons. The Morgan fingerprint density at radius 2 is 2.16 bits per heavy atom. The third-order valence-electron chi connectivity index (χ3n) is 2.10. The average molecular weight is 284 g/mol. The van der Waals surface area contributed by atoms with Gasteiger partial charge in [0, 0.05) is 10.6 Å². The maximum Gasteiger partial charge on any atom is 0.413 e. The molecule has 6 nitrogen and oxygen atoms in total. The number of nitrogen functional groups attached to an aromatic ring is 1. The molecule has 19 heavy (non-hydrogen) atoms. The fourth-order valence-electron chi connectivity index (χ4n) is 1.23. The molecule has 104 valence electrons. The molecular formula is C12H16N2O4S. The zero-order valence-electron chi connectivity index (χ0n) is 10.8. The van der Waals surface area contributed by atoms with Crippen molar-refractivity contribution in [2.75, 3.05) is 25.2 Å². The van der Waals surface area contributed by atoms with Crippen molar-refractivity contribution in [3.63, 3.8) is 0 Å². The van der Waals surface area contributed by atoms with Crippen molar-refractivity contribution < 1.29 is 19.1 Å². The first-order valence-electron chi connectivity index (χ1n) is 5.59. The molecule has 0 aromatic heterocycles. The fourth-order valence-corrected chi connectivity index (χ4v) is 2.02. The SMILES string of the molecule is CCOC(=O)NC(=O)CSc1cc(OC)ccc1N. The van der Waals surface area contributed by atoms with Crippen LogP contribution in [0.25, 0.3) is 0 Å². The number of ether oxygens (including phenoxy) is 2. The number of amides is 2. The molecule has 2 amide bonds. The molecule has 7 heteroatoms. The van der Waals surface area contributed by atoms with Crippen molar-refractivity contribution in [1.82, 2.24) is 5.32 Å². The molecule has 0 heterocycles. The van der Waals surface area contributed by atoms with Crippen LogP contribution in [0.1, 0.15) is 6.92 Å². The highest BCUT2D eigenvalue weighted by Crippen LogP contribution is 2.28. The van der Waals surface area contributed by atoms with Gasteiger partial charge in [0.25, 0.3) is 0 Å². The Kier molecular flexibility index (Phi) is 6.01. The number of carbonyl (C=O) groups excluding carboxylic acids is 2. The second-order valence-electron chi connectivity index (χ2n) is 3.46. The largest absolute Gasteiger partial charge is 0.497 e. The number of hydrogen-bond acceptors (Lipinski definition) is 6. The minimum atomic E-state index is -0.744. The zero-order chi connectivity index (χ0) is 14.3. The van der Waals surface area contributed by atoms with Crippen molar-refractivity contribution in [3.05, 3.63) is 18.2 Å². The van der Waals surface area contributed by atoms with Gasteiger partial charge in [-0.1, -0.05) is 0 Å². The summed E-state index contributed by atoms with van der Waals surface area (Å²) in [6, 6.07) is 5.17. The molecule has 1 aromatic carbocycles. The zero-order valence-corrected chi connectivity index (χ0v) is 11.6. The molecule has 0 saturated heterocycles. The van der Waals surface area contributed by atoms with Crippen LogP contribution in [-0.4, -0.2) is 31.5 Å². The van der Waals surface area contributed by atoms with Gasteiger partial charge in [-0.15, -0.1) is 11.8 Å². The lowest BCUT2D eigenvalue weighted by Crippen LogP contribution is -2.32. The van der Waals surface area contributed by atoms with Gasteiger partial charge < -0.3 is 15.2 Å². The second-order valence-corrected chi connectivity index (χ2v) is 4.48. The first-order chi connectivity index (χ1) is 9.06. The Balaban J connectivity index is 2.52. The summed E-state index contributed by atoms with van der Waals surface area (Å²) in [5, 5.41) is 2.11. The topological polar surface area (TPSA) is 90.6 Å². The number of alkyl carbamates (subject to hydrolysis) is 1. The maximum atomic E-state index is 11.5. The number of benzene rings is 1. The van der Waals surface area contributed by atoms with Crippen LogP contribution in [0.3, 0.4) is 0 Å². The Morgan fingerprint density at radius 3 is 2.79 bits per heavy atom. The summed E-state index contributed by atoms with van der Waals surface area (Å²) in [4.78, 5) is 23.2. The number of methoxy groups -OCH3 is 1. The minimum absolute atomic E-state index is 0.0657. The van der Waals surface area contributed by atoms with E-state index in [1.807, 2.05) is 0 Å². The molecule has 0 unspecified atom stereocenters. The van der Waals surface area contributed by atoms with Crippen LogP contribution in [0.2, 0.25) is 0 Å². The molecule has 1 rings (SSSR count). The highest BCUT2D eigenvalue weighted by atomic mass is 32.2. The van der Waals surface area contributed by atoms with Crippen LogP contribution in [0.15, 0.2) is 23.1 Å². The van der Waals surface area contributed by atoms with E-state index in [0.717, 1.165) is 4.90 Å². The summed E-state index contributed by atoms with van der Waals surface area (Å²) in [5.41, 5.74) is 6.33. The summed E-state index contributed by atoms with van der Waals surface area (Å²) < 4.78 is 9.67. The molecule has 0 spiro atoms. The van der Waals surface area contributed by atoms with Crippen LogP contribution in [0.5, 0.6) is 5.75 Å². The predicted molar refractivity (Wildman–Crippen MR) is 73.3 cm³/mol. The monoisotopic (exact) mass is 284 g/mol. The van der Waals surface area contributed by atoms with Gasteiger partial charge in [0.2, 0.25) is 5.91 Å². The number of nitrogens with one attached hydrogen (secondary N) is 1. The molecule has 0 aliphatic rings. The van der Waals surface area contributed by atoms with Gasteiger partial charge in [0.15, 0.2) is 0 Å². The summed E-state index contributed by atoms with van der Waals surface area (Å²) in [6.07, 6.45) is -0.744. The third-order valence-corrected chi connectivity index (χ3v) is 3.17. The van der Waals surface area contributed by atoms with Crippen LogP contribution in [0, 0.1) is 0 Å². The molecular weight excluding hydrogens is 268 g/mol. The van der Waals surface area contributed by atoms with E-state index in [2.05, 4.69) is 10.1 Å². The van der Waals surface area contributed by atoms with Crippen molar-refractivity contribution in [2.24, 2.45) is 0 Å². The van der Waals surface area contributed by atoms with E-state index in [-0.39, 0.29) is 12.4 Å². The van der Waals surface area contributed by atoms with Crippen molar-refractivity contribution in [1.29, 1.82) is 0 Å². The summed E-state index contributed by atoms with van der Waals surface area (Å²) >= 11 is 1.22. The summed E-state index contributed by atoms with van der Waals surface area (Å²) in [5.74, 6) is 0.282. The number of rotatable bonds is 5. The Bertz CT molecular complexity index is 465. The smallest absolute Gasteiger partial charge is 0.413 e. The number of hydrogen-bond donors (Lipinski definition) is 2. The van der Waals surface area contributed by atoms with Crippen molar-refractivity contribution in [2.45, 2.75) is 11.8 Å². The van der Waals surface area contributed by atoms with E-state index in [1.165, 1.54) is 11.8 Å². The van der Waals surface area contributed by atoms with Gasteiger partial charge >= 0.3 is 6.09 Å². The van der Waals surface area contributed by atoms with Crippen molar-refractivity contribution >= 4 is 29.4 Å². The number of thioether (sulfide) groups is 1. The first-order valence-corrected chi connectivity index (χ1v) is 6.58. The Morgan fingerprint density at radius 1 is 1.42 bits per heavy atom. The number of anilines is 1. The van der Waals surface area contributed by atoms with Crippen LogP contribution < -0.4 is 15.8 Å². The first kappa shape index (κ1) is 15.2. The number of nitrogens with two attached hydrogens (primary N) is 1. The van der Waals surface area contributed by atoms with E-state index in [9.17, 15) is 9.59 Å². The van der Waals surface area contributed by atoms with Gasteiger partial charge in [-0.25, -0.2) is 4.79 Å². The normalized spacial score (nSPS) is 9.79. The highest BCUT2D eigenvalue weighted by molar-refractivity contribution is 8.00. The van der Waals surface area contributed by atoms with E-state index in [0.29, 0.717) is 11.4 Å². The summed E-state index contributed by atoms with van der Waals surface area (Å²) in [6.45, 7) is 1.88. The number of carbonyl (C=O) groups is 2. The van der Waals surface area contributed by atoms with Crippen LogP contribution in [-0.2, 0) is 9.53 Å². The lowest BCUT2D eigenvalue weighted by atomic mass is 10.3. The molecule has 1 aromatic rings.